The first-order valence-electron chi connectivity index (χ1n) is 7.92. The van der Waals surface area contributed by atoms with E-state index in [4.69, 9.17) is 11.8 Å². The Balaban J connectivity index is 1.65. The Morgan fingerprint density at radius 1 is 1.19 bits per heavy atom. The van der Waals surface area contributed by atoms with Gasteiger partial charge in [-0.05, 0) is 12.8 Å². The molecule has 3 rings (SSSR count). The van der Waals surface area contributed by atoms with Crippen molar-refractivity contribution in [1.29, 1.82) is 0 Å². The van der Waals surface area contributed by atoms with E-state index >= 15 is 0 Å². The fourth-order valence-electron chi connectivity index (χ4n) is 2.73. The zero-order valence-electron chi connectivity index (χ0n) is 14.1. The molecular weight excluding hydrogens is 409 g/mol. The third kappa shape index (κ3) is 4.17. The Morgan fingerprint density at radius 3 is 2.26 bits per heavy atom. The summed E-state index contributed by atoms with van der Waals surface area (Å²) in [5.74, 6) is -0.0572. The molecule has 13 heteroatoms. The van der Waals surface area contributed by atoms with E-state index < -0.39 is 21.8 Å². The lowest BCUT2D eigenvalue weighted by Gasteiger charge is -2.34. The van der Waals surface area contributed by atoms with E-state index in [0.29, 0.717) is 25.2 Å². The van der Waals surface area contributed by atoms with Gasteiger partial charge in [-0.15, -0.1) is 0 Å². The Labute approximate surface area is 158 Å². The van der Waals surface area contributed by atoms with Gasteiger partial charge in [0.05, 0.1) is 17.8 Å². The number of hydrogen-bond donors (Lipinski definition) is 0. The van der Waals surface area contributed by atoms with Crippen molar-refractivity contribution in [2.75, 3.05) is 17.5 Å². The molecule has 148 valence electrons. The molecule has 27 heavy (non-hydrogen) atoms. The highest BCUT2D eigenvalue weighted by molar-refractivity contribution is 7.89. The van der Waals surface area contributed by atoms with Gasteiger partial charge in [-0.1, -0.05) is 0 Å². The second-order valence-electron chi connectivity index (χ2n) is 6.07. The maximum atomic E-state index is 12.6. The van der Waals surface area contributed by atoms with Crippen molar-refractivity contribution >= 4 is 27.7 Å². The summed E-state index contributed by atoms with van der Waals surface area (Å²) in [5, 5.41) is 3.87. The maximum Gasteiger partial charge on any atom is 0.419 e. The van der Waals surface area contributed by atoms with Gasteiger partial charge < -0.3 is 0 Å². The molecule has 2 aromatic rings. The number of sulfonamides is 1. The number of hydrogen-bond acceptors (Lipinski definition) is 6. The first-order chi connectivity index (χ1) is 12.6. The molecule has 1 aliphatic rings. The molecule has 0 aliphatic carbocycles. The topological polar surface area (TPSA) is 84.2 Å². The highest BCUT2D eigenvalue weighted by Gasteiger charge is 2.34. The van der Waals surface area contributed by atoms with Crippen molar-refractivity contribution in [3.63, 3.8) is 0 Å². The van der Waals surface area contributed by atoms with Crippen LogP contribution in [0.1, 0.15) is 18.4 Å². The van der Waals surface area contributed by atoms with Gasteiger partial charge in [-0.25, -0.2) is 22.8 Å². The predicted octanol–water partition coefficient (Wildman–Crippen LogP) is 2.04. The Bertz CT molecular complexity index is 894. The summed E-state index contributed by atoms with van der Waals surface area (Å²) < 4.78 is 66.8. The number of anilines is 1. The van der Waals surface area contributed by atoms with Gasteiger partial charge in [0.1, 0.15) is 4.90 Å². The fourth-order valence-corrected chi connectivity index (χ4v) is 4.47. The molecule has 0 bridgehead atoms. The first-order valence-corrected chi connectivity index (χ1v) is 9.70. The lowest BCUT2D eigenvalue weighted by Crippen LogP contribution is -2.44. The molecule has 0 saturated carbocycles. The minimum absolute atomic E-state index is 0.0572. The number of aromatic nitrogens is 4. The summed E-state index contributed by atoms with van der Waals surface area (Å²) in [6.07, 6.45) is 0.276. The molecule has 0 amide bonds. The molecule has 2 aromatic heterocycles. The molecule has 0 radical (unpaired) electrons. The van der Waals surface area contributed by atoms with E-state index in [9.17, 15) is 21.6 Å². The summed E-state index contributed by atoms with van der Waals surface area (Å²) >= 11 is 6.18. The summed E-state index contributed by atoms with van der Waals surface area (Å²) in [4.78, 5) is 7.43. The molecule has 1 aliphatic heterocycles. The summed E-state index contributed by atoms with van der Waals surface area (Å²) in [7, 11) is -2.02. The third-order valence-corrected chi connectivity index (χ3v) is 6.50. The van der Waals surface area contributed by atoms with Crippen LogP contribution in [-0.2, 0) is 23.2 Å². The van der Waals surface area contributed by atoms with Crippen molar-refractivity contribution in [3.05, 3.63) is 30.4 Å². The zero-order valence-corrected chi connectivity index (χ0v) is 15.7. The lowest BCUT2D eigenvalue weighted by molar-refractivity contribution is -0.138. The molecule has 0 N–H and O–H groups in total. The quantitative estimate of drug-likeness (QED) is 0.698. The van der Waals surface area contributed by atoms with Crippen LogP contribution in [0.5, 0.6) is 0 Å². The molecule has 3 heterocycles. The molecule has 0 spiro atoms. The van der Waals surface area contributed by atoms with Crippen molar-refractivity contribution in [2.24, 2.45) is 7.05 Å². The number of halogens is 4. The van der Waals surface area contributed by atoms with Gasteiger partial charge in [0.15, 0.2) is 0 Å². The maximum absolute atomic E-state index is 12.6. The highest BCUT2D eigenvalue weighted by Crippen LogP contribution is 2.30. The van der Waals surface area contributed by atoms with Gasteiger partial charge >= 0.3 is 6.18 Å². The van der Waals surface area contributed by atoms with Crippen LogP contribution in [-0.4, -0.2) is 51.6 Å². The van der Waals surface area contributed by atoms with Crippen LogP contribution >= 0.6 is 11.8 Å². The van der Waals surface area contributed by atoms with Crippen LogP contribution < -0.4 is 4.42 Å². The predicted molar refractivity (Wildman–Crippen MR) is 90.4 cm³/mol. The highest BCUT2D eigenvalue weighted by atomic mass is 35.5. The molecule has 0 atom stereocenters. The van der Waals surface area contributed by atoms with Gasteiger partial charge in [0.25, 0.3) is 0 Å². The number of rotatable bonds is 4. The van der Waals surface area contributed by atoms with Gasteiger partial charge in [0, 0.05) is 50.5 Å². The van der Waals surface area contributed by atoms with Crippen molar-refractivity contribution in [1.82, 2.24) is 24.1 Å². The summed E-state index contributed by atoms with van der Waals surface area (Å²) in [5.41, 5.74) is -0.964. The molecule has 1 fully saturated rings. The van der Waals surface area contributed by atoms with E-state index in [1.807, 2.05) is 0 Å². The lowest BCUT2D eigenvalue weighted by atomic mass is 10.1. The minimum atomic E-state index is -4.53. The van der Waals surface area contributed by atoms with Crippen LogP contribution in [0.25, 0.3) is 0 Å². The first kappa shape index (κ1) is 19.8. The monoisotopic (exact) mass is 424 g/mol. The van der Waals surface area contributed by atoms with Crippen LogP contribution in [0.15, 0.2) is 29.7 Å². The van der Waals surface area contributed by atoms with Gasteiger partial charge in [0.2, 0.25) is 16.0 Å². The average Bonchev–Trinajstić information content (AvgIpc) is 3.08. The summed E-state index contributed by atoms with van der Waals surface area (Å²) in [6.45, 7) is 0.428. The standard InChI is InChI=1S/C14H16ClF3N6O2S/c1-22-9-12(8-21-22)27(25,26)23-4-2-11(3-5-23)24(15)13-19-6-10(7-20-13)14(16,17)18/h6-9,11H,2-5H2,1H3. The number of aryl methyl sites for hydroxylation is 1. The zero-order chi connectivity index (χ0) is 19.8. The van der Waals surface area contributed by atoms with Gasteiger partial charge in [-0.2, -0.15) is 22.6 Å². The number of nitrogens with zero attached hydrogens (tertiary/aromatic N) is 6. The molecule has 0 unspecified atom stereocenters. The summed E-state index contributed by atoms with van der Waals surface area (Å²) in [6, 6.07) is -0.302. The van der Waals surface area contributed by atoms with Crippen LogP contribution in [0.2, 0.25) is 0 Å². The largest absolute Gasteiger partial charge is 0.419 e. The van der Waals surface area contributed by atoms with Crippen molar-refractivity contribution < 1.29 is 21.6 Å². The second kappa shape index (κ2) is 7.24. The molecular formula is C14H16ClF3N6O2S. The van der Waals surface area contributed by atoms with Gasteiger partial charge in [-0.3, -0.25) is 4.68 Å². The Kier molecular flexibility index (Phi) is 5.32. The van der Waals surface area contributed by atoms with E-state index in [-0.39, 0.29) is 30.0 Å². The van der Waals surface area contributed by atoms with E-state index in [1.165, 1.54) is 21.4 Å². The van der Waals surface area contributed by atoms with Crippen molar-refractivity contribution in [3.8, 4) is 0 Å². The smallest absolute Gasteiger partial charge is 0.274 e. The average molecular weight is 425 g/mol. The van der Waals surface area contributed by atoms with Crippen LogP contribution in [0.3, 0.4) is 0 Å². The Morgan fingerprint density at radius 2 is 1.78 bits per heavy atom. The van der Waals surface area contributed by atoms with Crippen molar-refractivity contribution in [2.45, 2.75) is 30.0 Å². The van der Waals surface area contributed by atoms with E-state index in [0.717, 1.165) is 4.42 Å². The number of piperidine rings is 1. The van der Waals surface area contributed by atoms with Crippen LogP contribution in [0.4, 0.5) is 19.1 Å². The number of alkyl halides is 3. The second-order valence-corrected chi connectivity index (χ2v) is 8.37. The minimum Gasteiger partial charge on any atom is -0.274 e. The van der Waals surface area contributed by atoms with Crippen LogP contribution in [0, 0.1) is 0 Å². The van der Waals surface area contributed by atoms with E-state index in [2.05, 4.69) is 15.1 Å². The SMILES string of the molecule is Cn1cc(S(=O)(=O)N2CCC(N(Cl)c3ncc(C(F)(F)F)cn3)CC2)cn1. The molecule has 1 saturated heterocycles. The molecule has 8 nitrogen and oxygen atoms in total. The normalized spacial score (nSPS) is 17.2. The fraction of sp³-hybridized carbons (Fsp3) is 0.500. The van der Waals surface area contributed by atoms with E-state index in [1.54, 1.807) is 7.05 Å². The Hall–Kier alpha value is -1.92. The molecule has 0 aromatic carbocycles. The third-order valence-electron chi connectivity index (χ3n) is 4.22.